The third-order valence-corrected chi connectivity index (χ3v) is 1.51. The second-order valence-electron chi connectivity index (χ2n) is 2.61. The van der Waals surface area contributed by atoms with Gasteiger partial charge in [-0.05, 0) is 12.1 Å². The van der Waals surface area contributed by atoms with E-state index in [2.05, 4.69) is 4.74 Å². The largest absolute Gasteiger partial charge is 0.492 e. The minimum Gasteiger partial charge on any atom is -0.492 e. The molecule has 0 heterocycles. The SMILES string of the molecule is N#CCCOc1cccc(OC(F)F)c1. The lowest BCUT2D eigenvalue weighted by molar-refractivity contribution is -0.0499. The third kappa shape index (κ3) is 4.27. The molecule has 0 spiro atoms. The van der Waals surface area contributed by atoms with Gasteiger partial charge in [-0.25, -0.2) is 0 Å². The maximum absolute atomic E-state index is 11.9. The Hall–Kier alpha value is -1.83. The van der Waals surface area contributed by atoms with E-state index < -0.39 is 6.61 Å². The van der Waals surface area contributed by atoms with Gasteiger partial charge < -0.3 is 9.47 Å². The average Bonchev–Trinajstić information content (AvgIpc) is 2.18. The zero-order valence-electron chi connectivity index (χ0n) is 7.82. The predicted octanol–water partition coefficient (Wildman–Crippen LogP) is 2.58. The van der Waals surface area contributed by atoms with Crippen molar-refractivity contribution in [2.45, 2.75) is 13.0 Å². The van der Waals surface area contributed by atoms with E-state index in [0.29, 0.717) is 5.75 Å². The second kappa shape index (κ2) is 5.81. The summed E-state index contributed by atoms with van der Waals surface area (Å²) < 4.78 is 33.0. The van der Waals surface area contributed by atoms with Crippen LogP contribution in [0.2, 0.25) is 0 Å². The highest BCUT2D eigenvalue weighted by Crippen LogP contribution is 2.20. The Balaban J connectivity index is 2.54. The summed E-state index contributed by atoms with van der Waals surface area (Å²) in [6.45, 7) is -2.62. The topological polar surface area (TPSA) is 42.2 Å². The molecule has 0 bridgehead atoms. The van der Waals surface area contributed by atoms with Gasteiger partial charge in [-0.1, -0.05) is 6.07 Å². The third-order valence-electron chi connectivity index (χ3n) is 1.51. The molecule has 0 radical (unpaired) electrons. The van der Waals surface area contributed by atoms with E-state index in [0.717, 1.165) is 0 Å². The van der Waals surface area contributed by atoms with Crippen LogP contribution >= 0.6 is 0 Å². The number of benzene rings is 1. The summed E-state index contributed by atoms with van der Waals surface area (Å²) in [5, 5.41) is 8.26. The zero-order chi connectivity index (χ0) is 11.1. The van der Waals surface area contributed by atoms with Gasteiger partial charge >= 0.3 is 6.61 Å². The lowest BCUT2D eigenvalue weighted by Gasteiger charge is -2.07. The lowest BCUT2D eigenvalue weighted by Crippen LogP contribution is -2.02. The normalized spacial score (nSPS) is 9.73. The Morgan fingerprint density at radius 2 is 2.07 bits per heavy atom. The minimum atomic E-state index is -2.85. The first kappa shape index (κ1) is 11.2. The Labute approximate surface area is 85.8 Å². The van der Waals surface area contributed by atoms with Gasteiger partial charge in [0, 0.05) is 6.07 Å². The van der Waals surface area contributed by atoms with E-state index in [4.69, 9.17) is 10.00 Å². The molecule has 0 aliphatic rings. The molecule has 3 nitrogen and oxygen atoms in total. The monoisotopic (exact) mass is 213 g/mol. The van der Waals surface area contributed by atoms with Crippen LogP contribution in [0.1, 0.15) is 6.42 Å². The first-order chi connectivity index (χ1) is 7.22. The molecule has 0 N–H and O–H groups in total. The van der Waals surface area contributed by atoms with Gasteiger partial charge in [-0.2, -0.15) is 14.0 Å². The van der Waals surface area contributed by atoms with Crippen LogP contribution in [-0.2, 0) is 0 Å². The van der Waals surface area contributed by atoms with Crippen molar-refractivity contribution in [3.05, 3.63) is 24.3 Å². The van der Waals surface area contributed by atoms with E-state index in [-0.39, 0.29) is 18.8 Å². The molecule has 0 aromatic heterocycles. The summed E-state index contributed by atoms with van der Waals surface area (Å²) in [4.78, 5) is 0. The highest BCUT2D eigenvalue weighted by atomic mass is 19.3. The van der Waals surface area contributed by atoms with Gasteiger partial charge in [0.2, 0.25) is 0 Å². The van der Waals surface area contributed by atoms with Crippen LogP contribution in [0.5, 0.6) is 11.5 Å². The highest BCUT2D eigenvalue weighted by molar-refractivity contribution is 5.32. The minimum absolute atomic E-state index is 0.0412. The molecule has 80 valence electrons. The summed E-state index contributed by atoms with van der Waals surface area (Å²) in [7, 11) is 0. The Kier molecular flexibility index (Phi) is 4.35. The average molecular weight is 213 g/mol. The van der Waals surface area contributed by atoms with Crippen LogP contribution in [0.25, 0.3) is 0 Å². The van der Waals surface area contributed by atoms with E-state index in [1.807, 2.05) is 6.07 Å². The van der Waals surface area contributed by atoms with Crippen molar-refractivity contribution >= 4 is 0 Å². The maximum atomic E-state index is 11.9. The molecular formula is C10H9F2NO2. The van der Waals surface area contributed by atoms with Gasteiger partial charge in [0.25, 0.3) is 0 Å². The highest BCUT2D eigenvalue weighted by Gasteiger charge is 2.04. The number of halogens is 2. The standard InChI is InChI=1S/C10H9F2NO2/c11-10(12)15-9-4-1-3-8(7-9)14-6-2-5-13/h1,3-4,7,10H,2,6H2. The quantitative estimate of drug-likeness (QED) is 0.706. The Morgan fingerprint density at radius 1 is 1.33 bits per heavy atom. The molecule has 0 unspecified atom stereocenters. The van der Waals surface area contributed by atoms with E-state index in [9.17, 15) is 8.78 Å². The molecule has 0 amide bonds. The van der Waals surface area contributed by atoms with E-state index in [1.54, 1.807) is 12.1 Å². The first-order valence-electron chi connectivity index (χ1n) is 4.27. The first-order valence-corrected chi connectivity index (χ1v) is 4.27. The van der Waals surface area contributed by atoms with Gasteiger partial charge in [0.15, 0.2) is 0 Å². The van der Waals surface area contributed by atoms with Gasteiger partial charge in [-0.15, -0.1) is 0 Å². The van der Waals surface area contributed by atoms with Crippen molar-refractivity contribution in [3.8, 4) is 17.6 Å². The summed E-state index contributed by atoms with van der Waals surface area (Å²) >= 11 is 0. The molecule has 0 saturated carbocycles. The molecule has 0 saturated heterocycles. The number of hydrogen-bond acceptors (Lipinski definition) is 3. The van der Waals surface area contributed by atoms with Crippen molar-refractivity contribution in [1.29, 1.82) is 5.26 Å². The number of alkyl halides is 2. The van der Waals surface area contributed by atoms with Crippen molar-refractivity contribution in [2.24, 2.45) is 0 Å². The fraction of sp³-hybridized carbons (Fsp3) is 0.300. The number of ether oxygens (including phenoxy) is 2. The molecule has 0 atom stereocenters. The summed E-state index contributed by atoms with van der Waals surface area (Å²) in [6.07, 6.45) is 0.250. The fourth-order valence-corrected chi connectivity index (χ4v) is 0.955. The van der Waals surface area contributed by atoms with Crippen molar-refractivity contribution in [3.63, 3.8) is 0 Å². The molecule has 1 rings (SSSR count). The molecule has 1 aromatic carbocycles. The van der Waals surface area contributed by atoms with Gasteiger partial charge in [0.1, 0.15) is 18.1 Å². The molecule has 15 heavy (non-hydrogen) atoms. The number of rotatable bonds is 5. The zero-order valence-corrected chi connectivity index (χ0v) is 7.82. The van der Waals surface area contributed by atoms with Crippen molar-refractivity contribution in [1.82, 2.24) is 0 Å². The molecule has 0 aliphatic heterocycles. The summed E-state index contributed by atoms with van der Waals surface area (Å²) in [6, 6.07) is 7.81. The molecule has 0 fully saturated rings. The van der Waals surface area contributed by atoms with Crippen molar-refractivity contribution in [2.75, 3.05) is 6.61 Å². The predicted molar refractivity (Wildman–Crippen MR) is 48.8 cm³/mol. The molecular weight excluding hydrogens is 204 g/mol. The number of hydrogen-bond donors (Lipinski definition) is 0. The number of nitriles is 1. The second-order valence-corrected chi connectivity index (χ2v) is 2.61. The van der Waals surface area contributed by atoms with Gasteiger partial charge in [0.05, 0.1) is 12.5 Å². The fourth-order valence-electron chi connectivity index (χ4n) is 0.955. The smallest absolute Gasteiger partial charge is 0.387 e. The molecule has 0 aliphatic carbocycles. The summed E-state index contributed by atoms with van der Waals surface area (Å²) in [5.74, 6) is 0.447. The maximum Gasteiger partial charge on any atom is 0.387 e. The molecule has 1 aromatic rings. The van der Waals surface area contributed by atoms with Crippen LogP contribution < -0.4 is 9.47 Å². The van der Waals surface area contributed by atoms with E-state index in [1.165, 1.54) is 12.1 Å². The van der Waals surface area contributed by atoms with Crippen molar-refractivity contribution < 1.29 is 18.3 Å². The number of nitrogens with zero attached hydrogens (tertiary/aromatic N) is 1. The lowest BCUT2D eigenvalue weighted by atomic mass is 10.3. The Morgan fingerprint density at radius 3 is 2.73 bits per heavy atom. The van der Waals surface area contributed by atoms with Crippen LogP contribution in [0, 0.1) is 11.3 Å². The summed E-state index contributed by atoms with van der Waals surface area (Å²) in [5.41, 5.74) is 0. The van der Waals surface area contributed by atoms with Crippen LogP contribution in [0.4, 0.5) is 8.78 Å². The van der Waals surface area contributed by atoms with Crippen LogP contribution in [-0.4, -0.2) is 13.2 Å². The van der Waals surface area contributed by atoms with E-state index >= 15 is 0 Å². The van der Waals surface area contributed by atoms with Crippen LogP contribution in [0.15, 0.2) is 24.3 Å². The Bertz CT molecular complexity index is 350. The van der Waals surface area contributed by atoms with Gasteiger partial charge in [-0.3, -0.25) is 0 Å². The van der Waals surface area contributed by atoms with Crippen LogP contribution in [0.3, 0.4) is 0 Å². The molecule has 5 heteroatoms.